The Hall–Kier alpha value is -1.07. The smallest absolute Gasteiger partial charge is 0.378 e. The summed E-state index contributed by atoms with van der Waals surface area (Å²) < 4.78 is 67.2. The summed E-state index contributed by atoms with van der Waals surface area (Å²) in [7, 11) is -3.56. The summed E-state index contributed by atoms with van der Waals surface area (Å²) >= 11 is 0. The highest BCUT2D eigenvalue weighted by Crippen LogP contribution is 2.30. The number of hydrogen-bond donors (Lipinski definition) is 2. The van der Waals surface area contributed by atoms with E-state index < -0.39 is 15.5 Å². The van der Waals surface area contributed by atoms with Gasteiger partial charge in [0.05, 0.1) is 6.10 Å². The van der Waals surface area contributed by atoms with Gasteiger partial charge >= 0.3 is 15.5 Å². The maximum absolute atomic E-state index is 12.6. The van der Waals surface area contributed by atoms with Gasteiger partial charge in [-0.1, -0.05) is 19.3 Å². The van der Waals surface area contributed by atoms with Crippen molar-refractivity contribution < 1.29 is 26.3 Å². The Balaban J connectivity index is 1.60. The van der Waals surface area contributed by atoms with Crippen LogP contribution in [0.15, 0.2) is 4.99 Å². The van der Waals surface area contributed by atoms with E-state index >= 15 is 0 Å². The van der Waals surface area contributed by atoms with Crippen molar-refractivity contribution in [1.82, 2.24) is 14.9 Å². The minimum atomic E-state index is -5.23. The Labute approximate surface area is 171 Å². The van der Waals surface area contributed by atoms with E-state index in [2.05, 4.69) is 15.6 Å². The van der Waals surface area contributed by atoms with Gasteiger partial charge in [0, 0.05) is 39.8 Å². The monoisotopic (exact) mass is 442 g/mol. The summed E-state index contributed by atoms with van der Waals surface area (Å²) in [4.78, 5) is 4.14. The van der Waals surface area contributed by atoms with Gasteiger partial charge in [-0.2, -0.15) is 17.5 Å². The molecule has 29 heavy (non-hydrogen) atoms. The quantitative estimate of drug-likeness (QED) is 0.343. The van der Waals surface area contributed by atoms with Crippen LogP contribution in [-0.2, 0) is 14.8 Å². The van der Waals surface area contributed by atoms with Crippen molar-refractivity contribution in [3.8, 4) is 0 Å². The molecule has 1 saturated heterocycles. The van der Waals surface area contributed by atoms with Crippen LogP contribution in [0, 0.1) is 5.92 Å². The van der Waals surface area contributed by atoms with E-state index in [1.807, 2.05) is 0 Å². The normalized spacial score (nSPS) is 21.3. The Morgan fingerprint density at radius 2 is 1.76 bits per heavy atom. The van der Waals surface area contributed by atoms with Gasteiger partial charge in [-0.25, -0.2) is 8.42 Å². The van der Waals surface area contributed by atoms with E-state index in [-0.39, 0.29) is 19.0 Å². The highest BCUT2D eigenvalue weighted by molar-refractivity contribution is 7.90. The van der Waals surface area contributed by atoms with Crippen molar-refractivity contribution in [2.45, 2.75) is 63.0 Å². The molecule has 0 bridgehead atoms. The van der Waals surface area contributed by atoms with Crippen LogP contribution in [0.2, 0.25) is 0 Å². The first-order chi connectivity index (χ1) is 13.7. The summed E-state index contributed by atoms with van der Waals surface area (Å²) in [6.45, 7) is 1.74. The molecule has 2 fully saturated rings. The third kappa shape index (κ3) is 7.60. The molecule has 11 heteroatoms. The molecule has 0 aromatic heterocycles. The number of halogens is 3. The van der Waals surface area contributed by atoms with E-state index in [1.54, 1.807) is 7.05 Å². The molecular weight excluding hydrogens is 409 g/mol. The molecule has 0 spiro atoms. The number of aliphatic imine (C=N–C) groups is 1. The number of nitrogens with zero attached hydrogens (tertiary/aromatic N) is 2. The summed E-state index contributed by atoms with van der Waals surface area (Å²) in [5.74, 6) is 0.732. The second kappa shape index (κ2) is 11.4. The first-order valence-electron chi connectivity index (χ1n) is 10.4. The van der Waals surface area contributed by atoms with Crippen molar-refractivity contribution in [3.05, 3.63) is 0 Å². The minimum Gasteiger partial charge on any atom is -0.378 e. The summed E-state index contributed by atoms with van der Waals surface area (Å²) in [6, 6.07) is 0. The molecule has 1 saturated carbocycles. The van der Waals surface area contributed by atoms with Crippen molar-refractivity contribution in [1.29, 1.82) is 0 Å². The zero-order chi connectivity index (χ0) is 21.3. The first kappa shape index (κ1) is 24.2. The van der Waals surface area contributed by atoms with Gasteiger partial charge in [-0.05, 0) is 38.0 Å². The Morgan fingerprint density at radius 1 is 1.10 bits per heavy atom. The lowest BCUT2D eigenvalue weighted by atomic mass is 9.98. The fourth-order valence-electron chi connectivity index (χ4n) is 3.72. The second-order valence-electron chi connectivity index (χ2n) is 7.66. The third-order valence-electron chi connectivity index (χ3n) is 5.51. The van der Waals surface area contributed by atoms with E-state index in [4.69, 9.17) is 4.74 Å². The lowest BCUT2D eigenvalue weighted by Gasteiger charge is -2.31. The predicted octanol–water partition coefficient (Wildman–Crippen LogP) is 2.45. The average Bonchev–Trinajstić information content (AvgIpc) is 2.70. The number of piperidine rings is 1. The highest BCUT2D eigenvalue weighted by Gasteiger charge is 2.50. The molecule has 0 aromatic carbocycles. The zero-order valence-electron chi connectivity index (χ0n) is 17.0. The van der Waals surface area contributed by atoms with Crippen LogP contribution in [0.4, 0.5) is 13.2 Å². The number of sulfonamides is 1. The molecule has 0 radical (unpaired) electrons. The SMILES string of the molecule is CN=C(NCCCOC1CCCCC1)NCC1CCN(S(=O)(=O)C(F)(F)F)CC1. The molecule has 2 N–H and O–H groups in total. The predicted molar refractivity (Wildman–Crippen MR) is 106 cm³/mol. The molecule has 2 rings (SSSR count). The molecule has 1 heterocycles. The lowest BCUT2D eigenvalue weighted by molar-refractivity contribution is -0.0496. The average molecular weight is 443 g/mol. The van der Waals surface area contributed by atoms with Crippen LogP contribution in [0.3, 0.4) is 0 Å². The molecule has 0 atom stereocenters. The van der Waals surface area contributed by atoms with Gasteiger partial charge < -0.3 is 15.4 Å². The van der Waals surface area contributed by atoms with E-state index in [1.165, 1.54) is 19.3 Å². The number of nitrogens with one attached hydrogen (secondary N) is 2. The van der Waals surface area contributed by atoms with Gasteiger partial charge in [-0.3, -0.25) is 4.99 Å². The Bertz CT molecular complexity index is 614. The Morgan fingerprint density at radius 3 is 2.34 bits per heavy atom. The molecule has 1 aliphatic carbocycles. The number of ether oxygens (including phenoxy) is 1. The van der Waals surface area contributed by atoms with Crippen LogP contribution in [0.5, 0.6) is 0 Å². The number of guanidine groups is 1. The number of hydrogen-bond acceptors (Lipinski definition) is 4. The van der Waals surface area contributed by atoms with Crippen molar-refractivity contribution in [2.24, 2.45) is 10.9 Å². The van der Waals surface area contributed by atoms with Crippen LogP contribution in [-0.4, -0.2) is 70.1 Å². The number of alkyl halides is 3. The van der Waals surface area contributed by atoms with Crippen molar-refractivity contribution in [3.63, 3.8) is 0 Å². The summed E-state index contributed by atoms with van der Waals surface area (Å²) in [5.41, 5.74) is -5.23. The molecule has 7 nitrogen and oxygen atoms in total. The van der Waals surface area contributed by atoms with Gasteiger partial charge in [0.15, 0.2) is 5.96 Å². The first-order valence-corrected chi connectivity index (χ1v) is 11.8. The summed E-state index contributed by atoms with van der Waals surface area (Å²) in [5, 5.41) is 6.37. The molecule has 0 amide bonds. The van der Waals surface area contributed by atoms with Gasteiger partial charge in [-0.15, -0.1) is 0 Å². The highest BCUT2D eigenvalue weighted by atomic mass is 32.2. The largest absolute Gasteiger partial charge is 0.511 e. The fourth-order valence-corrected chi connectivity index (χ4v) is 4.71. The van der Waals surface area contributed by atoms with Crippen LogP contribution in [0.25, 0.3) is 0 Å². The van der Waals surface area contributed by atoms with Crippen LogP contribution in [0.1, 0.15) is 51.4 Å². The van der Waals surface area contributed by atoms with Gasteiger partial charge in [0.1, 0.15) is 0 Å². The molecule has 0 unspecified atom stereocenters. The lowest BCUT2D eigenvalue weighted by Crippen LogP contribution is -2.47. The third-order valence-corrected chi connectivity index (χ3v) is 7.14. The van der Waals surface area contributed by atoms with Crippen LogP contribution < -0.4 is 10.6 Å². The topological polar surface area (TPSA) is 83.0 Å². The standard InChI is InChI=1S/C18H33F3N4O3S/c1-22-17(23-10-5-13-28-16-6-3-2-4-7-16)24-14-15-8-11-25(12-9-15)29(26,27)18(19,20)21/h15-16H,2-14H2,1H3,(H2,22,23,24). The number of rotatable bonds is 8. The van der Waals surface area contributed by atoms with Crippen molar-refractivity contribution >= 4 is 16.0 Å². The molecule has 0 aromatic rings. The molecular formula is C18H33F3N4O3S. The van der Waals surface area contributed by atoms with E-state index in [0.717, 1.165) is 19.3 Å². The van der Waals surface area contributed by atoms with Gasteiger partial charge in [0.2, 0.25) is 0 Å². The van der Waals surface area contributed by atoms with Gasteiger partial charge in [0.25, 0.3) is 0 Å². The molecule has 170 valence electrons. The Kier molecular flexibility index (Phi) is 9.48. The second-order valence-corrected chi connectivity index (χ2v) is 9.59. The molecule has 1 aliphatic heterocycles. The van der Waals surface area contributed by atoms with E-state index in [0.29, 0.717) is 48.9 Å². The van der Waals surface area contributed by atoms with Crippen molar-refractivity contribution in [2.75, 3.05) is 39.8 Å². The fraction of sp³-hybridized carbons (Fsp3) is 0.944. The maximum atomic E-state index is 12.6. The minimum absolute atomic E-state index is 0.0999. The zero-order valence-corrected chi connectivity index (χ0v) is 17.8. The van der Waals surface area contributed by atoms with Crippen LogP contribution >= 0.6 is 0 Å². The summed E-state index contributed by atoms with van der Waals surface area (Å²) in [6.07, 6.45) is 8.14. The van der Waals surface area contributed by atoms with E-state index in [9.17, 15) is 21.6 Å². The maximum Gasteiger partial charge on any atom is 0.511 e. The molecule has 2 aliphatic rings.